The van der Waals surface area contributed by atoms with Crippen molar-refractivity contribution < 1.29 is 18.0 Å². The smallest absolute Gasteiger partial charge is 0.258 e. The maximum Gasteiger partial charge on any atom is 0.258 e. The number of amides is 1. The van der Waals surface area contributed by atoms with Crippen LogP contribution in [0.2, 0.25) is 0 Å². The summed E-state index contributed by atoms with van der Waals surface area (Å²) in [5.74, 6) is -3.42. The van der Waals surface area contributed by atoms with Gasteiger partial charge >= 0.3 is 0 Å². The van der Waals surface area contributed by atoms with Crippen molar-refractivity contribution in [1.29, 1.82) is 0 Å². The van der Waals surface area contributed by atoms with Crippen LogP contribution < -0.4 is 11.1 Å². The summed E-state index contributed by atoms with van der Waals surface area (Å²) in [6.07, 6.45) is 0. The van der Waals surface area contributed by atoms with E-state index in [2.05, 4.69) is 5.32 Å². The summed E-state index contributed by atoms with van der Waals surface area (Å²) >= 11 is 0. The maximum absolute atomic E-state index is 13.4. The van der Waals surface area contributed by atoms with E-state index in [9.17, 15) is 18.0 Å². The Labute approximate surface area is 106 Å². The van der Waals surface area contributed by atoms with Gasteiger partial charge in [0.2, 0.25) is 0 Å². The fraction of sp³-hybridized carbons (Fsp3) is 0. The molecule has 19 heavy (non-hydrogen) atoms. The number of nitrogens with one attached hydrogen (secondary N) is 1. The molecule has 0 bridgehead atoms. The number of anilines is 2. The molecule has 0 heterocycles. The predicted octanol–water partition coefficient (Wildman–Crippen LogP) is 2.94. The summed E-state index contributed by atoms with van der Waals surface area (Å²) in [4.78, 5) is 11.7. The van der Waals surface area contributed by atoms with Gasteiger partial charge in [-0.2, -0.15) is 0 Å². The number of hydrogen-bond donors (Lipinski definition) is 2. The van der Waals surface area contributed by atoms with Crippen LogP contribution in [0.5, 0.6) is 0 Å². The fourth-order valence-corrected chi connectivity index (χ4v) is 1.50. The van der Waals surface area contributed by atoms with E-state index in [0.29, 0.717) is 6.07 Å². The predicted molar refractivity (Wildman–Crippen MR) is 65.1 cm³/mol. The first-order valence-electron chi connectivity index (χ1n) is 5.29. The van der Waals surface area contributed by atoms with E-state index in [4.69, 9.17) is 5.73 Å². The van der Waals surface area contributed by atoms with Gasteiger partial charge in [-0.05, 0) is 30.3 Å². The van der Waals surface area contributed by atoms with Crippen molar-refractivity contribution >= 4 is 17.3 Å². The van der Waals surface area contributed by atoms with Crippen LogP contribution in [0.4, 0.5) is 24.5 Å². The Morgan fingerprint density at radius 1 is 1.00 bits per heavy atom. The molecule has 0 atom stereocenters. The summed E-state index contributed by atoms with van der Waals surface area (Å²) in [5, 5.41) is 2.17. The van der Waals surface area contributed by atoms with Gasteiger partial charge in [0.1, 0.15) is 17.5 Å². The summed E-state index contributed by atoms with van der Waals surface area (Å²) in [6, 6.07) is 6.09. The minimum absolute atomic E-state index is 0.172. The summed E-state index contributed by atoms with van der Waals surface area (Å²) in [6.45, 7) is 0. The van der Waals surface area contributed by atoms with Crippen molar-refractivity contribution in [1.82, 2.24) is 0 Å². The van der Waals surface area contributed by atoms with Gasteiger partial charge in [0.05, 0.1) is 11.3 Å². The molecule has 0 saturated heterocycles. The average molecular weight is 266 g/mol. The van der Waals surface area contributed by atoms with Gasteiger partial charge in [-0.3, -0.25) is 4.79 Å². The number of halogens is 3. The van der Waals surface area contributed by atoms with Crippen molar-refractivity contribution in [3.63, 3.8) is 0 Å². The van der Waals surface area contributed by atoms with Gasteiger partial charge in [0.15, 0.2) is 0 Å². The van der Waals surface area contributed by atoms with E-state index in [1.54, 1.807) is 0 Å². The van der Waals surface area contributed by atoms with Crippen LogP contribution in [0.1, 0.15) is 10.4 Å². The molecule has 0 aliphatic heterocycles. The number of carbonyl (C=O) groups is 1. The zero-order chi connectivity index (χ0) is 14.0. The number of rotatable bonds is 2. The number of benzene rings is 2. The quantitative estimate of drug-likeness (QED) is 0.821. The van der Waals surface area contributed by atoms with Crippen molar-refractivity contribution in [3.05, 3.63) is 59.4 Å². The highest BCUT2D eigenvalue weighted by Gasteiger charge is 2.14. The first-order valence-corrected chi connectivity index (χ1v) is 5.29. The summed E-state index contributed by atoms with van der Waals surface area (Å²) in [5.41, 5.74) is 5.14. The first-order chi connectivity index (χ1) is 8.97. The van der Waals surface area contributed by atoms with Crippen LogP contribution in [-0.2, 0) is 0 Å². The van der Waals surface area contributed by atoms with Crippen LogP contribution in [0.15, 0.2) is 36.4 Å². The third-order valence-electron chi connectivity index (χ3n) is 2.41. The molecule has 3 N–H and O–H groups in total. The molecule has 0 radical (unpaired) electrons. The molecule has 3 nitrogen and oxygen atoms in total. The molecule has 1 amide bonds. The molecule has 2 aromatic rings. The number of nitrogens with two attached hydrogens (primary N) is 1. The second-order valence-corrected chi connectivity index (χ2v) is 3.82. The molecule has 0 aliphatic rings. The van der Waals surface area contributed by atoms with Crippen LogP contribution in [0, 0.1) is 17.5 Å². The lowest BCUT2D eigenvalue weighted by atomic mass is 10.2. The van der Waals surface area contributed by atoms with Gasteiger partial charge in [0.25, 0.3) is 5.91 Å². The third kappa shape index (κ3) is 2.85. The molecular formula is C13H9F3N2O. The van der Waals surface area contributed by atoms with Gasteiger partial charge in [-0.15, -0.1) is 0 Å². The molecule has 0 aromatic heterocycles. The zero-order valence-corrected chi connectivity index (χ0v) is 9.58. The van der Waals surface area contributed by atoms with E-state index in [1.807, 2.05) is 0 Å². The number of carbonyl (C=O) groups excluding carboxylic acids is 1. The van der Waals surface area contributed by atoms with E-state index < -0.39 is 23.4 Å². The second-order valence-electron chi connectivity index (χ2n) is 3.82. The Morgan fingerprint density at radius 2 is 1.74 bits per heavy atom. The SMILES string of the molecule is Nc1ccc(F)c(NC(=O)c2ccc(F)cc2F)c1. The lowest BCUT2D eigenvalue weighted by molar-refractivity contribution is 0.102. The van der Waals surface area contributed by atoms with Crippen LogP contribution in [0.25, 0.3) is 0 Å². The molecule has 0 unspecified atom stereocenters. The fourth-order valence-electron chi connectivity index (χ4n) is 1.50. The monoisotopic (exact) mass is 266 g/mol. The van der Waals surface area contributed by atoms with Crippen LogP contribution in [0.3, 0.4) is 0 Å². The number of hydrogen-bond acceptors (Lipinski definition) is 2. The molecule has 2 aromatic carbocycles. The standard InChI is InChI=1S/C13H9F3N2O/c14-7-1-3-9(11(16)5-7)13(19)18-12-6-8(17)2-4-10(12)15/h1-6H,17H2,(H,18,19). The Hall–Kier alpha value is -2.50. The zero-order valence-electron chi connectivity index (χ0n) is 9.58. The van der Waals surface area contributed by atoms with Gasteiger partial charge in [-0.1, -0.05) is 0 Å². The average Bonchev–Trinajstić information content (AvgIpc) is 2.33. The Kier molecular flexibility index (Phi) is 3.41. The van der Waals surface area contributed by atoms with Gasteiger partial charge < -0.3 is 11.1 Å². The van der Waals surface area contributed by atoms with Crippen molar-refractivity contribution in [2.45, 2.75) is 0 Å². The molecule has 98 valence electrons. The van der Waals surface area contributed by atoms with E-state index in [1.165, 1.54) is 12.1 Å². The van der Waals surface area contributed by atoms with E-state index in [0.717, 1.165) is 18.2 Å². The molecule has 6 heteroatoms. The Morgan fingerprint density at radius 3 is 2.42 bits per heavy atom. The van der Waals surface area contributed by atoms with Crippen LogP contribution in [-0.4, -0.2) is 5.91 Å². The highest BCUT2D eigenvalue weighted by molar-refractivity contribution is 6.04. The molecular weight excluding hydrogens is 257 g/mol. The lowest BCUT2D eigenvalue weighted by Gasteiger charge is -2.08. The molecule has 0 saturated carbocycles. The van der Waals surface area contributed by atoms with Gasteiger partial charge in [-0.25, -0.2) is 13.2 Å². The molecule has 0 spiro atoms. The second kappa shape index (κ2) is 5.01. The van der Waals surface area contributed by atoms with Gasteiger partial charge in [0, 0.05) is 11.8 Å². The Bertz CT molecular complexity index is 644. The summed E-state index contributed by atoms with van der Waals surface area (Å²) < 4.78 is 39.5. The minimum atomic E-state index is -1.03. The third-order valence-corrected chi connectivity index (χ3v) is 2.41. The summed E-state index contributed by atoms with van der Waals surface area (Å²) in [7, 11) is 0. The minimum Gasteiger partial charge on any atom is -0.399 e. The van der Waals surface area contributed by atoms with Crippen molar-refractivity contribution in [2.75, 3.05) is 11.1 Å². The largest absolute Gasteiger partial charge is 0.399 e. The topological polar surface area (TPSA) is 55.1 Å². The highest BCUT2D eigenvalue weighted by Crippen LogP contribution is 2.19. The molecule has 2 rings (SSSR count). The van der Waals surface area contributed by atoms with E-state index in [-0.39, 0.29) is 16.9 Å². The van der Waals surface area contributed by atoms with Crippen LogP contribution >= 0.6 is 0 Å². The van der Waals surface area contributed by atoms with Crippen molar-refractivity contribution in [2.24, 2.45) is 0 Å². The number of nitrogen functional groups attached to an aromatic ring is 1. The Balaban J connectivity index is 2.28. The molecule has 0 aliphatic carbocycles. The lowest BCUT2D eigenvalue weighted by Crippen LogP contribution is -2.15. The first kappa shape index (κ1) is 12.9. The maximum atomic E-state index is 13.4. The van der Waals surface area contributed by atoms with E-state index >= 15 is 0 Å². The highest BCUT2D eigenvalue weighted by atomic mass is 19.1. The molecule has 0 fully saturated rings. The normalized spacial score (nSPS) is 10.3. The van der Waals surface area contributed by atoms with Crippen molar-refractivity contribution in [3.8, 4) is 0 Å².